The highest BCUT2D eigenvalue weighted by atomic mass is 19.4. The van der Waals surface area contributed by atoms with Crippen molar-refractivity contribution in [3.8, 4) is 5.75 Å². The summed E-state index contributed by atoms with van der Waals surface area (Å²) in [4.78, 5) is 13.0. The van der Waals surface area contributed by atoms with Gasteiger partial charge in [0.15, 0.2) is 6.61 Å². The first-order chi connectivity index (χ1) is 8.84. The monoisotopic (exact) mass is 274 g/mol. The maximum absolute atomic E-state index is 12.6. The second-order valence-electron chi connectivity index (χ2n) is 4.17. The van der Waals surface area contributed by atoms with Gasteiger partial charge < -0.3 is 15.4 Å². The standard InChI is InChI=1S/C12H13F3N2O2/c1-2-17-8-5-7(11(16)12(13,14)15)3-4-9(8)19-6-10(17)18/h3-5,11H,2,6,16H2,1H3. The highest BCUT2D eigenvalue weighted by Crippen LogP contribution is 2.37. The van der Waals surface area contributed by atoms with Crippen LogP contribution in [0, 0.1) is 0 Å². The van der Waals surface area contributed by atoms with E-state index in [1.807, 2.05) is 0 Å². The molecule has 1 unspecified atom stereocenters. The van der Waals surface area contributed by atoms with Gasteiger partial charge in [0.2, 0.25) is 0 Å². The number of amides is 1. The lowest BCUT2D eigenvalue weighted by atomic mass is 10.0. The van der Waals surface area contributed by atoms with Crippen LogP contribution >= 0.6 is 0 Å². The van der Waals surface area contributed by atoms with Gasteiger partial charge in [-0.25, -0.2) is 0 Å². The van der Waals surface area contributed by atoms with Gasteiger partial charge in [0.05, 0.1) is 5.69 Å². The molecule has 0 bridgehead atoms. The number of hydrogen-bond donors (Lipinski definition) is 1. The Kier molecular flexibility index (Phi) is 3.40. The van der Waals surface area contributed by atoms with E-state index >= 15 is 0 Å². The van der Waals surface area contributed by atoms with Gasteiger partial charge in [-0.2, -0.15) is 13.2 Å². The summed E-state index contributed by atoms with van der Waals surface area (Å²) in [6.07, 6.45) is -4.52. The summed E-state index contributed by atoms with van der Waals surface area (Å²) < 4.78 is 42.9. The molecule has 1 aromatic carbocycles. The molecule has 1 aliphatic rings. The van der Waals surface area contributed by atoms with E-state index in [1.54, 1.807) is 6.92 Å². The topological polar surface area (TPSA) is 55.6 Å². The molecule has 104 valence electrons. The van der Waals surface area contributed by atoms with Gasteiger partial charge >= 0.3 is 6.18 Å². The fraction of sp³-hybridized carbons (Fsp3) is 0.417. The molecule has 4 nitrogen and oxygen atoms in total. The SMILES string of the molecule is CCN1C(=O)COc2ccc(C(N)C(F)(F)F)cc21. The van der Waals surface area contributed by atoms with Crippen LogP contribution in [0.25, 0.3) is 0 Å². The molecule has 1 heterocycles. The third-order valence-corrected chi connectivity index (χ3v) is 2.95. The number of benzene rings is 1. The minimum absolute atomic E-state index is 0.0944. The van der Waals surface area contributed by atoms with E-state index in [0.717, 1.165) is 0 Å². The van der Waals surface area contributed by atoms with Crippen molar-refractivity contribution >= 4 is 11.6 Å². The maximum atomic E-state index is 12.6. The number of carbonyl (C=O) groups is 1. The molecule has 1 aromatic rings. The largest absolute Gasteiger partial charge is 0.482 e. The van der Waals surface area contributed by atoms with Gasteiger partial charge in [-0.1, -0.05) is 6.07 Å². The van der Waals surface area contributed by atoms with Gasteiger partial charge in [-0.15, -0.1) is 0 Å². The number of carbonyl (C=O) groups excluding carboxylic acids is 1. The van der Waals surface area contributed by atoms with Crippen LogP contribution in [-0.2, 0) is 4.79 Å². The molecule has 2 rings (SSSR count). The molecule has 19 heavy (non-hydrogen) atoms. The van der Waals surface area contributed by atoms with Crippen LogP contribution in [0.2, 0.25) is 0 Å². The van der Waals surface area contributed by atoms with Gasteiger partial charge in [0.25, 0.3) is 5.91 Å². The zero-order chi connectivity index (χ0) is 14.2. The highest BCUT2D eigenvalue weighted by Gasteiger charge is 2.38. The van der Waals surface area contributed by atoms with Crippen LogP contribution in [0.15, 0.2) is 18.2 Å². The van der Waals surface area contributed by atoms with Crippen LogP contribution in [0.5, 0.6) is 5.75 Å². The lowest BCUT2D eigenvalue weighted by molar-refractivity contribution is -0.149. The number of ether oxygens (including phenoxy) is 1. The average molecular weight is 274 g/mol. The van der Waals surface area contributed by atoms with E-state index in [-0.39, 0.29) is 18.1 Å². The number of likely N-dealkylation sites (N-methyl/N-ethyl adjacent to an activating group) is 1. The minimum Gasteiger partial charge on any atom is -0.482 e. The van der Waals surface area contributed by atoms with E-state index in [2.05, 4.69) is 0 Å². The summed E-state index contributed by atoms with van der Waals surface area (Å²) in [7, 11) is 0. The van der Waals surface area contributed by atoms with Crippen LogP contribution in [-0.4, -0.2) is 25.2 Å². The summed E-state index contributed by atoms with van der Waals surface area (Å²) in [6.45, 7) is 1.99. The Hall–Kier alpha value is -1.76. The molecule has 0 spiro atoms. The molecule has 0 aromatic heterocycles. The first-order valence-corrected chi connectivity index (χ1v) is 5.74. The van der Waals surface area contributed by atoms with E-state index in [0.29, 0.717) is 18.0 Å². The third-order valence-electron chi connectivity index (χ3n) is 2.95. The van der Waals surface area contributed by atoms with Crippen molar-refractivity contribution in [2.75, 3.05) is 18.1 Å². The average Bonchev–Trinajstić information content (AvgIpc) is 2.36. The Morgan fingerprint density at radius 1 is 1.47 bits per heavy atom. The normalized spacial score (nSPS) is 16.9. The van der Waals surface area contributed by atoms with Crippen LogP contribution < -0.4 is 15.4 Å². The lowest BCUT2D eigenvalue weighted by Crippen LogP contribution is -2.39. The van der Waals surface area contributed by atoms with Crippen molar-refractivity contribution in [3.05, 3.63) is 23.8 Å². The molecule has 0 radical (unpaired) electrons. The number of nitrogens with zero attached hydrogens (tertiary/aromatic N) is 1. The first kappa shape index (κ1) is 13.7. The Bertz CT molecular complexity index is 502. The van der Waals surface area contributed by atoms with Gasteiger partial charge in [-0.05, 0) is 24.6 Å². The lowest BCUT2D eigenvalue weighted by Gasteiger charge is -2.29. The van der Waals surface area contributed by atoms with E-state index in [1.165, 1.54) is 23.1 Å². The zero-order valence-electron chi connectivity index (χ0n) is 10.2. The number of halogens is 3. The number of alkyl halides is 3. The molecule has 0 fully saturated rings. The van der Waals surface area contributed by atoms with Crippen LogP contribution in [0.3, 0.4) is 0 Å². The molecule has 1 atom stereocenters. The summed E-state index contributed by atoms with van der Waals surface area (Å²) in [5.41, 5.74) is 5.39. The molecule has 1 amide bonds. The maximum Gasteiger partial charge on any atom is 0.407 e. The van der Waals surface area contributed by atoms with E-state index in [9.17, 15) is 18.0 Å². The van der Waals surface area contributed by atoms with Crippen molar-refractivity contribution in [1.82, 2.24) is 0 Å². The van der Waals surface area contributed by atoms with Crippen molar-refractivity contribution in [1.29, 1.82) is 0 Å². The quantitative estimate of drug-likeness (QED) is 0.897. The molecule has 0 saturated heterocycles. The molecule has 0 saturated carbocycles. The summed E-state index contributed by atoms with van der Waals surface area (Å²) in [5.74, 6) is 0.104. The minimum atomic E-state index is -4.52. The summed E-state index contributed by atoms with van der Waals surface area (Å²) in [5, 5.41) is 0. The highest BCUT2D eigenvalue weighted by molar-refractivity contribution is 5.97. The fourth-order valence-corrected chi connectivity index (χ4v) is 1.95. The molecular formula is C12H13F3N2O2. The summed E-state index contributed by atoms with van der Waals surface area (Å²) >= 11 is 0. The Morgan fingerprint density at radius 3 is 2.74 bits per heavy atom. The number of rotatable bonds is 2. The Morgan fingerprint density at radius 2 is 2.16 bits per heavy atom. The van der Waals surface area contributed by atoms with E-state index in [4.69, 9.17) is 10.5 Å². The number of hydrogen-bond acceptors (Lipinski definition) is 3. The second kappa shape index (κ2) is 4.73. The second-order valence-corrected chi connectivity index (χ2v) is 4.17. The fourth-order valence-electron chi connectivity index (χ4n) is 1.95. The Balaban J connectivity index is 2.42. The van der Waals surface area contributed by atoms with Crippen molar-refractivity contribution < 1.29 is 22.7 Å². The third kappa shape index (κ3) is 2.51. The van der Waals surface area contributed by atoms with Crippen LogP contribution in [0.1, 0.15) is 18.5 Å². The van der Waals surface area contributed by atoms with Gasteiger partial charge in [0, 0.05) is 6.54 Å². The molecule has 0 aliphatic carbocycles. The van der Waals surface area contributed by atoms with Gasteiger partial charge in [-0.3, -0.25) is 4.79 Å². The predicted octanol–water partition coefficient (Wildman–Crippen LogP) is 1.99. The molecule has 7 heteroatoms. The Labute approximate surface area is 107 Å². The van der Waals surface area contributed by atoms with Crippen LogP contribution in [0.4, 0.5) is 18.9 Å². The van der Waals surface area contributed by atoms with Crippen molar-refractivity contribution in [2.24, 2.45) is 5.73 Å². The smallest absolute Gasteiger partial charge is 0.407 e. The van der Waals surface area contributed by atoms with Crippen molar-refractivity contribution in [2.45, 2.75) is 19.1 Å². The van der Waals surface area contributed by atoms with Crippen molar-refractivity contribution in [3.63, 3.8) is 0 Å². The molecular weight excluding hydrogens is 261 g/mol. The first-order valence-electron chi connectivity index (χ1n) is 5.74. The van der Waals surface area contributed by atoms with Gasteiger partial charge in [0.1, 0.15) is 11.8 Å². The molecule has 1 aliphatic heterocycles. The number of nitrogens with two attached hydrogens (primary N) is 1. The predicted molar refractivity (Wildman–Crippen MR) is 62.9 cm³/mol. The zero-order valence-corrected chi connectivity index (χ0v) is 10.2. The van der Waals surface area contributed by atoms with E-state index < -0.39 is 12.2 Å². The number of fused-ring (bicyclic) bond motifs is 1. The summed E-state index contributed by atoms with van der Waals surface area (Å²) in [6, 6.07) is 1.86. The number of anilines is 1. The molecule has 2 N–H and O–H groups in total.